The largest absolute Gasteiger partial charge is 0.381 e. The summed E-state index contributed by atoms with van der Waals surface area (Å²) in [5.41, 5.74) is 2.64. The molecule has 2 aliphatic rings. The first kappa shape index (κ1) is 17.1. The van der Waals surface area contributed by atoms with Gasteiger partial charge in [0, 0.05) is 32.5 Å². The van der Waals surface area contributed by atoms with Gasteiger partial charge in [-0.25, -0.2) is 0 Å². The van der Waals surface area contributed by atoms with Crippen LogP contribution in [0, 0.1) is 5.92 Å². The van der Waals surface area contributed by atoms with Crippen molar-refractivity contribution in [3.8, 4) is 0 Å². The molecule has 1 fully saturated rings. The number of nitrogens with zero attached hydrogens (tertiary/aromatic N) is 4. The van der Waals surface area contributed by atoms with Gasteiger partial charge in [-0.05, 0) is 36.8 Å². The highest BCUT2D eigenvalue weighted by Gasteiger charge is 2.26. The van der Waals surface area contributed by atoms with Gasteiger partial charge < -0.3 is 14.8 Å². The van der Waals surface area contributed by atoms with E-state index in [9.17, 15) is 4.79 Å². The molecule has 26 heavy (non-hydrogen) atoms. The molecule has 0 spiro atoms. The lowest BCUT2D eigenvalue weighted by atomic mass is 10.0. The number of carbonyl (C=O) groups excluding carboxylic acids is 1. The highest BCUT2D eigenvalue weighted by Crippen LogP contribution is 2.26. The molecule has 138 valence electrons. The molecular formula is C18H23N5O3. The van der Waals surface area contributed by atoms with Crippen LogP contribution in [0.15, 0.2) is 24.7 Å². The summed E-state index contributed by atoms with van der Waals surface area (Å²) in [4.78, 5) is 12.2. The van der Waals surface area contributed by atoms with Crippen LogP contribution in [0.5, 0.6) is 0 Å². The summed E-state index contributed by atoms with van der Waals surface area (Å²) in [5.74, 6) is 0.431. The fourth-order valence-electron chi connectivity index (χ4n) is 3.49. The second-order valence-electron chi connectivity index (χ2n) is 6.77. The van der Waals surface area contributed by atoms with Crippen molar-refractivity contribution in [2.24, 2.45) is 5.92 Å². The van der Waals surface area contributed by atoms with E-state index in [2.05, 4.69) is 21.7 Å². The van der Waals surface area contributed by atoms with E-state index in [0.29, 0.717) is 24.6 Å². The first-order valence-electron chi connectivity index (χ1n) is 9.10. The third-order valence-electron chi connectivity index (χ3n) is 4.95. The molecule has 2 aromatic heterocycles. The first-order chi connectivity index (χ1) is 12.8. The van der Waals surface area contributed by atoms with Gasteiger partial charge in [-0.1, -0.05) is 0 Å². The Morgan fingerprint density at radius 3 is 2.96 bits per heavy atom. The maximum Gasteiger partial charge on any atom is 0.253 e. The van der Waals surface area contributed by atoms with E-state index < -0.39 is 0 Å². The molecule has 0 aromatic carbocycles. The third kappa shape index (κ3) is 3.91. The number of rotatable bonds is 5. The molecule has 0 radical (unpaired) electrons. The van der Waals surface area contributed by atoms with E-state index in [1.54, 1.807) is 6.07 Å². The van der Waals surface area contributed by atoms with E-state index >= 15 is 0 Å². The minimum atomic E-state index is -0.214. The van der Waals surface area contributed by atoms with Crippen LogP contribution in [0.4, 0.5) is 0 Å². The zero-order valence-electron chi connectivity index (χ0n) is 14.6. The van der Waals surface area contributed by atoms with Crippen molar-refractivity contribution in [2.45, 2.75) is 31.9 Å². The van der Waals surface area contributed by atoms with Gasteiger partial charge in [-0.3, -0.25) is 9.48 Å². The number of hydrogen-bond donors (Lipinski definition) is 1. The molecule has 0 aliphatic carbocycles. The highest BCUT2D eigenvalue weighted by molar-refractivity contribution is 5.93. The van der Waals surface area contributed by atoms with Gasteiger partial charge in [0.05, 0.1) is 30.3 Å². The van der Waals surface area contributed by atoms with Gasteiger partial charge in [-0.2, -0.15) is 15.3 Å². The summed E-state index contributed by atoms with van der Waals surface area (Å²) in [7, 11) is 0. The van der Waals surface area contributed by atoms with Crippen LogP contribution < -0.4 is 5.32 Å². The number of ether oxygens (including phenoxy) is 2. The molecule has 1 amide bonds. The minimum Gasteiger partial charge on any atom is -0.381 e. The van der Waals surface area contributed by atoms with Gasteiger partial charge in [0.25, 0.3) is 5.91 Å². The Morgan fingerprint density at radius 1 is 1.27 bits per heavy atom. The number of amides is 1. The Balaban J connectivity index is 1.39. The normalized spacial score (nSPS) is 20.5. The summed E-state index contributed by atoms with van der Waals surface area (Å²) in [6.45, 7) is 3.63. The SMILES string of the molecule is O=C(NCC1OCCc2cn(CC3CCOCC3)nc21)c1ccnnc1. The van der Waals surface area contributed by atoms with Gasteiger partial charge in [0.15, 0.2) is 0 Å². The molecule has 4 rings (SSSR count). The first-order valence-corrected chi connectivity index (χ1v) is 9.10. The van der Waals surface area contributed by atoms with Gasteiger partial charge >= 0.3 is 0 Å². The van der Waals surface area contributed by atoms with Gasteiger partial charge in [0.2, 0.25) is 0 Å². The van der Waals surface area contributed by atoms with E-state index in [1.807, 2.05) is 4.68 Å². The van der Waals surface area contributed by atoms with Crippen molar-refractivity contribution in [1.29, 1.82) is 0 Å². The van der Waals surface area contributed by atoms with Crippen LogP contribution in [0.25, 0.3) is 0 Å². The predicted molar refractivity (Wildman–Crippen MR) is 92.5 cm³/mol. The Hall–Kier alpha value is -2.32. The molecule has 4 heterocycles. The second kappa shape index (κ2) is 7.92. The Labute approximate surface area is 151 Å². The number of nitrogens with one attached hydrogen (secondary N) is 1. The van der Waals surface area contributed by atoms with Gasteiger partial charge in [-0.15, -0.1) is 0 Å². The lowest BCUT2D eigenvalue weighted by Gasteiger charge is -2.22. The fourth-order valence-corrected chi connectivity index (χ4v) is 3.49. The van der Waals surface area contributed by atoms with E-state index in [0.717, 1.165) is 44.7 Å². The van der Waals surface area contributed by atoms with Crippen molar-refractivity contribution in [1.82, 2.24) is 25.3 Å². The molecule has 8 nitrogen and oxygen atoms in total. The maximum atomic E-state index is 12.2. The average Bonchev–Trinajstić information content (AvgIpc) is 3.10. The van der Waals surface area contributed by atoms with Crippen molar-refractivity contribution in [3.05, 3.63) is 41.5 Å². The zero-order chi connectivity index (χ0) is 17.8. The smallest absolute Gasteiger partial charge is 0.253 e. The van der Waals surface area contributed by atoms with Crippen LogP contribution in [-0.2, 0) is 22.4 Å². The fraction of sp³-hybridized carbons (Fsp3) is 0.556. The molecular weight excluding hydrogens is 334 g/mol. The second-order valence-corrected chi connectivity index (χ2v) is 6.77. The molecule has 2 aromatic rings. The van der Waals surface area contributed by atoms with Crippen LogP contribution in [-0.4, -0.2) is 52.3 Å². The highest BCUT2D eigenvalue weighted by atomic mass is 16.5. The molecule has 1 saturated heterocycles. The van der Waals surface area contributed by atoms with Crippen LogP contribution in [0.2, 0.25) is 0 Å². The molecule has 8 heteroatoms. The summed E-state index contributed by atoms with van der Waals surface area (Å²) >= 11 is 0. The van der Waals surface area contributed by atoms with Crippen LogP contribution in [0.3, 0.4) is 0 Å². The summed E-state index contributed by atoms with van der Waals surface area (Å²) in [5, 5.41) is 15.1. The maximum absolute atomic E-state index is 12.2. The quantitative estimate of drug-likeness (QED) is 0.863. The molecule has 2 aliphatic heterocycles. The van der Waals surface area contributed by atoms with E-state index in [1.165, 1.54) is 18.0 Å². The Morgan fingerprint density at radius 2 is 2.15 bits per heavy atom. The number of aromatic nitrogens is 4. The Bertz CT molecular complexity index is 743. The van der Waals surface area contributed by atoms with Crippen LogP contribution >= 0.6 is 0 Å². The number of fused-ring (bicyclic) bond motifs is 1. The minimum absolute atomic E-state index is 0.183. The van der Waals surface area contributed by atoms with Crippen molar-refractivity contribution in [3.63, 3.8) is 0 Å². The Kier molecular flexibility index (Phi) is 5.21. The van der Waals surface area contributed by atoms with Crippen LogP contribution in [0.1, 0.15) is 40.6 Å². The molecule has 1 atom stereocenters. The summed E-state index contributed by atoms with van der Waals surface area (Å²) in [6.07, 6.45) is 7.90. The molecule has 1 unspecified atom stereocenters. The van der Waals surface area contributed by atoms with Crippen molar-refractivity contribution < 1.29 is 14.3 Å². The standard InChI is InChI=1S/C18H23N5O3/c24-18(14-1-5-20-21-9-14)19-10-16-17-15(4-8-26-16)12-23(22-17)11-13-2-6-25-7-3-13/h1,5,9,12-13,16H,2-4,6-8,10-11H2,(H,19,24). The van der Waals surface area contributed by atoms with Crippen molar-refractivity contribution in [2.75, 3.05) is 26.4 Å². The number of carbonyl (C=O) groups is 1. The molecule has 0 saturated carbocycles. The summed E-state index contributed by atoms with van der Waals surface area (Å²) < 4.78 is 13.3. The molecule has 0 bridgehead atoms. The van der Waals surface area contributed by atoms with Gasteiger partial charge in [0.1, 0.15) is 6.10 Å². The third-order valence-corrected chi connectivity index (χ3v) is 4.95. The lowest BCUT2D eigenvalue weighted by Crippen LogP contribution is -2.32. The zero-order valence-corrected chi connectivity index (χ0v) is 14.6. The summed E-state index contributed by atoms with van der Waals surface area (Å²) in [6, 6.07) is 1.64. The number of hydrogen-bond acceptors (Lipinski definition) is 6. The average molecular weight is 357 g/mol. The monoisotopic (exact) mass is 357 g/mol. The van der Waals surface area contributed by atoms with E-state index in [-0.39, 0.29) is 12.0 Å². The predicted octanol–water partition coefficient (Wildman–Crippen LogP) is 1.14. The van der Waals surface area contributed by atoms with Crippen molar-refractivity contribution >= 4 is 5.91 Å². The van der Waals surface area contributed by atoms with E-state index in [4.69, 9.17) is 14.6 Å². The topological polar surface area (TPSA) is 91.2 Å². The lowest BCUT2D eigenvalue weighted by molar-refractivity contribution is 0.0379. The molecule has 1 N–H and O–H groups in total.